The molecule has 1 unspecified atom stereocenters. The number of nitrogens with one attached hydrogen (secondary N) is 2. The Balaban J connectivity index is 1.54. The fourth-order valence-electron chi connectivity index (χ4n) is 6.69. The van der Waals surface area contributed by atoms with Crippen LogP contribution in [0.2, 0.25) is 0 Å². The standard InChI is InChI=1S/C38H54N6O6S2/c1-9-24(4)31(42-37(49)38(6)16-13-18-43(38)7)36(48)44(8)29(23(2)3)21-30(50-25(5)45)34-41-28(22-52-34)33(47)40-27(20-26-14-11-10-12-15-26)32(46)35-39-17-19-51-35/h10-12,14-15,17,19,22-24,27,29-32,46H,9,13,16,18,20-21H2,1-8H3,(H,40,47)(H,42,49)/t24-,27-,29+,30+,31-,32?,38+/m0/s1. The van der Waals surface area contributed by atoms with Gasteiger partial charge in [-0.05, 0) is 57.2 Å². The topological polar surface area (TPSA) is 154 Å². The number of nitrogens with zero attached hydrogens (tertiary/aromatic N) is 4. The van der Waals surface area contributed by atoms with Crippen LogP contribution in [0, 0.1) is 11.8 Å². The summed E-state index contributed by atoms with van der Waals surface area (Å²) in [5.41, 5.74) is 0.375. The number of hydrogen-bond acceptors (Lipinski definition) is 11. The number of aromatic nitrogens is 2. The van der Waals surface area contributed by atoms with Crippen LogP contribution in [-0.2, 0) is 25.5 Å². The lowest BCUT2D eigenvalue weighted by molar-refractivity contribution is -0.149. The molecular weight excluding hydrogens is 701 g/mol. The summed E-state index contributed by atoms with van der Waals surface area (Å²) in [6, 6.07) is 7.75. The lowest BCUT2D eigenvalue weighted by Gasteiger charge is -2.38. The quantitative estimate of drug-likeness (QED) is 0.159. The normalized spacial score (nSPS) is 19.7. The zero-order valence-electron chi connectivity index (χ0n) is 31.5. The Morgan fingerprint density at radius 1 is 1.10 bits per heavy atom. The molecule has 2 aromatic heterocycles. The van der Waals surface area contributed by atoms with Crippen molar-refractivity contribution in [3.63, 3.8) is 0 Å². The van der Waals surface area contributed by atoms with E-state index < -0.39 is 47.7 Å². The van der Waals surface area contributed by atoms with Crippen molar-refractivity contribution in [3.05, 3.63) is 68.6 Å². The SMILES string of the molecule is CC[C@H](C)[C@H](NC(=O)[C@@]1(C)CCCN1C)C(=O)N(C)[C@H](C[C@@H](OC(C)=O)c1nc(C(=O)N[C@@H](Cc2ccccc2)C(O)c2nccs2)cs1)C(C)C. The van der Waals surface area contributed by atoms with Crippen LogP contribution in [-0.4, -0.2) is 92.9 Å². The number of rotatable bonds is 17. The summed E-state index contributed by atoms with van der Waals surface area (Å²) in [6.45, 7) is 12.0. The number of benzene rings is 1. The summed E-state index contributed by atoms with van der Waals surface area (Å²) in [6.07, 6.45) is 2.66. The van der Waals surface area contributed by atoms with Gasteiger partial charge in [0.05, 0.1) is 11.6 Å². The minimum absolute atomic E-state index is 0.0485. The van der Waals surface area contributed by atoms with Crippen LogP contribution in [0.3, 0.4) is 0 Å². The number of esters is 1. The van der Waals surface area contributed by atoms with E-state index in [4.69, 9.17) is 4.74 Å². The number of carbonyl (C=O) groups excluding carboxylic acids is 4. The molecule has 14 heteroatoms. The Bertz CT molecular complexity index is 1640. The third-order valence-corrected chi connectivity index (χ3v) is 12.1. The van der Waals surface area contributed by atoms with Gasteiger partial charge in [0.25, 0.3) is 5.91 Å². The second kappa shape index (κ2) is 18.4. The lowest BCUT2D eigenvalue weighted by Crippen LogP contribution is -2.60. The smallest absolute Gasteiger partial charge is 0.303 e. The van der Waals surface area contributed by atoms with E-state index in [1.807, 2.05) is 76.9 Å². The van der Waals surface area contributed by atoms with Crippen LogP contribution in [0.4, 0.5) is 0 Å². The molecule has 1 aliphatic heterocycles. The van der Waals surface area contributed by atoms with Gasteiger partial charge in [-0.1, -0.05) is 64.4 Å². The van der Waals surface area contributed by atoms with Gasteiger partial charge in [-0.3, -0.25) is 24.1 Å². The first-order chi connectivity index (χ1) is 24.7. The summed E-state index contributed by atoms with van der Waals surface area (Å²) >= 11 is 2.50. The molecule has 52 heavy (non-hydrogen) atoms. The Hall–Kier alpha value is -3.72. The molecule has 1 aromatic carbocycles. The molecular formula is C38H54N6O6S2. The number of carbonyl (C=O) groups is 4. The van der Waals surface area contributed by atoms with E-state index in [1.54, 1.807) is 28.9 Å². The number of likely N-dealkylation sites (tertiary alicyclic amines) is 1. The Labute approximate surface area is 315 Å². The first kappa shape index (κ1) is 41.0. The monoisotopic (exact) mass is 754 g/mol. The Kier molecular flexibility index (Phi) is 14.5. The zero-order chi connectivity index (χ0) is 38.2. The molecule has 3 N–H and O–H groups in total. The number of aliphatic hydroxyl groups is 1. The number of thiazole rings is 2. The molecule has 0 spiro atoms. The van der Waals surface area contributed by atoms with E-state index in [0.29, 0.717) is 22.9 Å². The highest BCUT2D eigenvalue weighted by Gasteiger charge is 2.44. The average Bonchev–Trinajstić information content (AvgIpc) is 3.90. The highest BCUT2D eigenvalue weighted by atomic mass is 32.1. The molecule has 0 bridgehead atoms. The zero-order valence-corrected chi connectivity index (χ0v) is 33.1. The third kappa shape index (κ3) is 10.0. The molecule has 1 saturated heterocycles. The van der Waals surface area contributed by atoms with E-state index >= 15 is 0 Å². The van der Waals surface area contributed by atoms with Crippen LogP contribution in [0.5, 0.6) is 0 Å². The van der Waals surface area contributed by atoms with Gasteiger partial charge in [0.15, 0.2) is 6.10 Å². The molecule has 12 nitrogen and oxygen atoms in total. The van der Waals surface area contributed by atoms with E-state index in [1.165, 1.54) is 29.6 Å². The maximum Gasteiger partial charge on any atom is 0.303 e. The predicted molar refractivity (Wildman–Crippen MR) is 203 cm³/mol. The predicted octanol–water partition coefficient (Wildman–Crippen LogP) is 5.17. The van der Waals surface area contributed by atoms with Crippen LogP contribution in [0.25, 0.3) is 0 Å². The molecule has 0 saturated carbocycles. The van der Waals surface area contributed by atoms with Crippen molar-refractivity contribution in [2.75, 3.05) is 20.6 Å². The van der Waals surface area contributed by atoms with E-state index in [0.717, 1.165) is 24.9 Å². The molecule has 7 atom stereocenters. The second-order valence-electron chi connectivity index (χ2n) is 14.4. The second-order valence-corrected chi connectivity index (χ2v) is 16.2. The molecule has 1 fully saturated rings. The highest BCUT2D eigenvalue weighted by molar-refractivity contribution is 7.10. The number of likely N-dealkylation sites (N-methyl/N-ethyl adjacent to an activating group) is 2. The first-order valence-electron chi connectivity index (χ1n) is 18.0. The van der Waals surface area contributed by atoms with Gasteiger partial charge in [0.2, 0.25) is 11.8 Å². The summed E-state index contributed by atoms with van der Waals surface area (Å²) < 4.78 is 5.79. The van der Waals surface area contributed by atoms with Crippen molar-refractivity contribution in [3.8, 4) is 0 Å². The minimum atomic E-state index is -1.04. The van der Waals surface area contributed by atoms with Crippen molar-refractivity contribution in [1.29, 1.82) is 0 Å². The van der Waals surface area contributed by atoms with Gasteiger partial charge in [0.1, 0.15) is 27.9 Å². The fraction of sp³-hybridized carbons (Fsp3) is 0.579. The molecule has 0 radical (unpaired) electrons. The summed E-state index contributed by atoms with van der Waals surface area (Å²) in [4.78, 5) is 66.4. The van der Waals surface area contributed by atoms with Gasteiger partial charge >= 0.3 is 5.97 Å². The molecule has 4 rings (SSSR count). The van der Waals surface area contributed by atoms with Gasteiger partial charge in [-0.15, -0.1) is 22.7 Å². The third-order valence-electron chi connectivity index (χ3n) is 10.4. The molecule has 3 heterocycles. The van der Waals surface area contributed by atoms with Gasteiger partial charge < -0.3 is 25.4 Å². The van der Waals surface area contributed by atoms with Gasteiger partial charge in [-0.2, -0.15) is 0 Å². The maximum absolute atomic E-state index is 14.2. The summed E-state index contributed by atoms with van der Waals surface area (Å²) in [7, 11) is 3.66. The van der Waals surface area contributed by atoms with Crippen molar-refractivity contribution < 1.29 is 29.0 Å². The number of ether oxygens (including phenoxy) is 1. The van der Waals surface area contributed by atoms with Crippen molar-refractivity contribution >= 4 is 46.4 Å². The highest BCUT2D eigenvalue weighted by Crippen LogP contribution is 2.32. The molecule has 1 aliphatic rings. The number of hydrogen-bond donors (Lipinski definition) is 3. The number of aliphatic hydroxyl groups excluding tert-OH is 1. The lowest BCUT2D eigenvalue weighted by atomic mass is 9.91. The van der Waals surface area contributed by atoms with Gasteiger partial charge in [-0.25, -0.2) is 9.97 Å². The summed E-state index contributed by atoms with van der Waals surface area (Å²) in [5, 5.41) is 21.5. The average molecular weight is 755 g/mol. The summed E-state index contributed by atoms with van der Waals surface area (Å²) in [5.74, 6) is -1.54. The largest absolute Gasteiger partial charge is 0.455 e. The van der Waals surface area contributed by atoms with E-state index in [-0.39, 0.29) is 35.8 Å². The van der Waals surface area contributed by atoms with E-state index in [9.17, 15) is 24.3 Å². The van der Waals surface area contributed by atoms with Crippen LogP contribution >= 0.6 is 22.7 Å². The van der Waals surface area contributed by atoms with E-state index in [2.05, 4.69) is 20.6 Å². The van der Waals surface area contributed by atoms with Gasteiger partial charge in [0, 0.05) is 43.4 Å². The van der Waals surface area contributed by atoms with Crippen LogP contribution < -0.4 is 10.6 Å². The fourth-order valence-corrected chi connectivity index (χ4v) is 8.21. The molecule has 0 aliphatic carbocycles. The van der Waals surface area contributed by atoms with Crippen molar-refractivity contribution in [2.24, 2.45) is 11.8 Å². The number of amides is 3. The van der Waals surface area contributed by atoms with Crippen LogP contribution in [0.1, 0.15) is 106 Å². The Morgan fingerprint density at radius 2 is 1.81 bits per heavy atom. The minimum Gasteiger partial charge on any atom is -0.455 e. The van der Waals surface area contributed by atoms with Crippen molar-refractivity contribution in [2.45, 2.75) is 110 Å². The van der Waals surface area contributed by atoms with Crippen LogP contribution in [0.15, 0.2) is 47.3 Å². The van der Waals surface area contributed by atoms with Crippen molar-refractivity contribution in [1.82, 2.24) is 30.4 Å². The first-order valence-corrected chi connectivity index (χ1v) is 19.8. The Morgan fingerprint density at radius 3 is 2.38 bits per heavy atom. The maximum atomic E-state index is 14.2. The molecule has 284 valence electrons. The molecule has 3 amide bonds. The molecule has 3 aromatic rings.